The van der Waals surface area contributed by atoms with Crippen molar-refractivity contribution in [2.45, 2.75) is 19.9 Å². The zero-order valence-corrected chi connectivity index (χ0v) is 18.6. The third-order valence-electron chi connectivity index (χ3n) is 5.64. The number of amides is 1. The summed E-state index contributed by atoms with van der Waals surface area (Å²) in [5.74, 6) is 0.442. The molecule has 156 valence electrons. The molecule has 1 amide bonds. The first-order chi connectivity index (χ1) is 15.1. The minimum atomic E-state index is -0.193. The Bertz CT molecular complexity index is 1310. The van der Waals surface area contributed by atoms with Gasteiger partial charge in [-0.15, -0.1) is 0 Å². The maximum atomic E-state index is 13.4. The number of anilines is 1. The molecule has 1 fully saturated rings. The number of pyridine rings is 1. The first-order valence-corrected chi connectivity index (χ1v) is 11.4. The van der Waals surface area contributed by atoms with Gasteiger partial charge in [0, 0.05) is 25.8 Å². The van der Waals surface area contributed by atoms with Crippen LogP contribution in [-0.2, 0) is 17.8 Å². The van der Waals surface area contributed by atoms with Gasteiger partial charge in [-0.25, -0.2) is 4.98 Å². The topological polar surface area (TPSA) is 57.9 Å². The number of hydrogen-bond donors (Lipinski definition) is 0. The molecule has 5 rings (SSSR count). The van der Waals surface area contributed by atoms with Gasteiger partial charge < -0.3 is 4.90 Å². The number of hydrogen-bond acceptors (Lipinski definition) is 6. The Hall–Kier alpha value is -2.97. The molecule has 1 aromatic carbocycles. The van der Waals surface area contributed by atoms with Crippen LogP contribution in [0.4, 0.5) is 5.82 Å². The van der Waals surface area contributed by atoms with Gasteiger partial charge in [0.05, 0.1) is 10.5 Å². The number of fused-ring (bicyclic) bond motifs is 2. The highest BCUT2D eigenvalue weighted by Crippen LogP contribution is 2.34. The van der Waals surface area contributed by atoms with Crippen LogP contribution < -0.4 is 10.5 Å². The minimum Gasteiger partial charge on any atom is -0.351 e. The summed E-state index contributed by atoms with van der Waals surface area (Å²) in [4.78, 5) is 35.2. The summed E-state index contributed by atoms with van der Waals surface area (Å²) in [5, 5.41) is 0. The third-order valence-corrected chi connectivity index (χ3v) is 7.02. The number of nitrogens with zero attached hydrogens (tertiary/aromatic N) is 4. The fourth-order valence-electron chi connectivity index (χ4n) is 4.04. The summed E-state index contributed by atoms with van der Waals surface area (Å²) in [5.41, 5.74) is 3.36. The van der Waals surface area contributed by atoms with E-state index in [1.807, 2.05) is 25.1 Å². The standard InChI is InChI=1S/C23H20N4O2S2/c1-2-26-22(29)18(31-23(26)30)13-17-20(24-19-9-5-6-11-27(19)21(17)28)25-12-10-15-7-3-4-8-16(15)14-25/h3-9,11,13H,2,10,12,14H2,1H3/b18-13-. The van der Waals surface area contributed by atoms with Crippen LogP contribution in [0, 0.1) is 0 Å². The lowest BCUT2D eigenvalue weighted by Gasteiger charge is -2.30. The summed E-state index contributed by atoms with van der Waals surface area (Å²) in [7, 11) is 0. The van der Waals surface area contributed by atoms with Crippen molar-refractivity contribution >= 4 is 51.7 Å². The average molecular weight is 449 g/mol. The van der Waals surface area contributed by atoms with E-state index in [2.05, 4.69) is 23.1 Å². The second-order valence-electron chi connectivity index (χ2n) is 7.45. The highest BCUT2D eigenvalue weighted by molar-refractivity contribution is 8.26. The van der Waals surface area contributed by atoms with E-state index in [-0.39, 0.29) is 11.5 Å². The normalized spacial score (nSPS) is 17.6. The lowest BCUT2D eigenvalue weighted by molar-refractivity contribution is -0.121. The summed E-state index contributed by atoms with van der Waals surface area (Å²) >= 11 is 6.57. The summed E-state index contributed by atoms with van der Waals surface area (Å²) in [6, 6.07) is 13.8. The molecule has 0 spiro atoms. The average Bonchev–Trinajstić information content (AvgIpc) is 3.07. The number of likely N-dealkylation sites (N-methyl/N-ethyl adjacent to an activating group) is 1. The molecule has 1 saturated heterocycles. The molecule has 3 aromatic rings. The maximum absolute atomic E-state index is 13.4. The van der Waals surface area contributed by atoms with E-state index in [0.29, 0.717) is 39.3 Å². The van der Waals surface area contributed by atoms with Crippen molar-refractivity contribution in [2.24, 2.45) is 0 Å². The van der Waals surface area contributed by atoms with Gasteiger partial charge >= 0.3 is 0 Å². The number of aromatic nitrogens is 2. The third kappa shape index (κ3) is 3.45. The molecule has 31 heavy (non-hydrogen) atoms. The van der Waals surface area contributed by atoms with Crippen molar-refractivity contribution in [3.05, 3.63) is 80.6 Å². The molecular formula is C23H20N4O2S2. The number of thioether (sulfide) groups is 1. The Labute approximate surface area is 189 Å². The summed E-state index contributed by atoms with van der Waals surface area (Å²) in [6.45, 7) is 3.81. The first-order valence-electron chi connectivity index (χ1n) is 10.2. The highest BCUT2D eigenvalue weighted by atomic mass is 32.2. The van der Waals surface area contributed by atoms with Crippen molar-refractivity contribution in [3.8, 4) is 0 Å². The van der Waals surface area contributed by atoms with E-state index >= 15 is 0 Å². The van der Waals surface area contributed by atoms with Crippen LogP contribution in [0.15, 0.2) is 58.4 Å². The molecule has 0 unspecified atom stereocenters. The van der Waals surface area contributed by atoms with Gasteiger partial charge in [0.1, 0.15) is 15.8 Å². The number of benzene rings is 1. The van der Waals surface area contributed by atoms with Gasteiger partial charge in [-0.1, -0.05) is 54.3 Å². The molecule has 2 aliphatic heterocycles. The SMILES string of the molecule is CCN1C(=O)/C(=C/c2c(N3CCc4ccccc4C3)nc3ccccn3c2=O)SC1=S. The predicted molar refractivity (Wildman–Crippen MR) is 128 cm³/mol. The Morgan fingerprint density at radius 2 is 1.90 bits per heavy atom. The van der Waals surface area contributed by atoms with E-state index in [9.17, 15) is 9.59 Å². The van der Waals surface area contributed by atoms with Crippen molar-refractivity contribution < 1.29 is 4.79 Å². The molecule has 8 heteroatoms. The van der Waals surface area contributed by atoms with Crippen LogP contribution in [0.25, 0.3) is 11.7 Å². The quantitative estimate of drug-likeness (QED) is 0.452. The molecule has 0 bridgehead atoms. The van der Waals surface area contributed by atoms with Gasteiger partial charge in [0.25, 0.3) is 11.5 Å². The Morgan fingerprint density at radius 1 is 1.13 bits per heavy atom. The lowest BCUT2D eigenvalue weighted by atomic mass is 9.99. The van der Waals surface area contributed by atoms with Crippen LogP contribution in [0.2, 0.25) is 0 Å². The Kier molecular flexibility index (Phi) is 5.11. The Balaban J connectivity index is 1.66. The zero-order chi connectivity index (χ0) is 21.5. The first kappa shape index (κ1) is 20.0. The predicted octanol–water partition coefficient (Wildman–Crippen LogP) is 3.48. The molecule has 2 aromatic heterocycles. The maximum Gasteiger partial charge on any atom is 0.267 e. The van der Waals surface area contributed by atoms with Crippen LogP contribution >= 0.6 is 24.0 Å². The smallest absolute Gasteiger partial charge is 0.267 e. The van der Waals surface area contributed by atoms with Crippen molar-refractivity contribution in [1.29, 1.82) is 0 Å². The number of carbonyl (C=O) groups is 1. The molecule has 0 aliphatic carbocycles. The van der Waals surface area contributed by atoms with Crippen molar-refractivity contribution in [2.75, 3.05) is 18.0 Å². The molecule has 0 N–H and O–H groups in total. The second-order valence-corrected chi connectivity index (χ2v) is 9.13. The Morgan fingerprint density at radius 3 is 2.68 bits per heavy atom. The monoisotopic (exact) mass is 448 g/mol. The molecule has 2 aliphatic rings. The van der Waals surface area contributed by atoms with E-state index in [1.165, 1.54) is 27.3 Å². The molecule has 0 atom stereocenters. The molecule has 0 saturated carbocycles. The van der Waals surface area contributed by atoms with E-state index < -0.39 is 0 Å². The minimum absolute atomic E-state index is 0.162. The van der Waals surface area contributed by atoms with Crippen LogP contribution in [0.5, 0.6) is 0 Å². The molecular weight excluding hydrogens is 428 g/mol. The van der Waals surface area contributed by atoms with Gasteiger partial charge in [-0.2, -0.15) is 0 Å². The fourth-order valence-corrected chi connectivity index (χ4v) is 5.40. The van der Waals surface area contributed by atoms with E-state index in [4.69, 9.17) is 17.2 Å². The van der Waals surface area contributed by atoms with E-state index in [1.54, 1.807) is 23.2 Å². The molecule has 4 heterocycles. The summed E-state index contributed by atoms with van der Waals surface area (Å²) < 4.78 is 2.04. The second kappa shape index (κ2) is 7.94. The zero-order valence-electron chi connectivity index (χ0n) is 16.9. The molecule has 0 radical (unpaired) electrons. The highest BCUT2D eigenvalue weighted by Gasteiger charge is 2.32. The number of rotatable bonds is 3. The van der Waals surface area contributed by atoms with Crippen molar-refractivity contribution in [1.82, 2.24) is 14.3 Å². The number of carbonyl (C=O) groups excluding carboxylic acids is 1. The van der Waals surface area contributed by atoms with Gasteiger partial charge in [0.2, 0.25) is 0 Å². The van der Waals surface area contributed by atoms with Crippen LogP contribution in [-0.4, -0.2) is 37.6 Å². The van der Waals surface area contributed by atoms with Gasteiger partial charge in [-0.3, -0.25) is 18.9 Å². The van der Waals surface area contributed by atoms with Crippen LogP contribution in [0.1, 0.15) is 23.6 Å². The summed E-state index contributed by atoms with van der Waals surface area (Å²) in [6.07, 6.45) is 4.25. The molecule has 6 nitrogen and oxygen atoms in total. The fraction of sp³-hybridized carbons (Fsp3) is 0.217. The van der Waals surface area contributed by atoms with Gasteiger partial charge in [-0.05, 0) is 42.7 Å². The largest absolute Gasteiger partial charge is 0.351 e. The lowest BCUT2D eigenvalue weighted by Crippen LogP contribution is -2.34. The van der Waals surface area contributed by atoms with Gasteiger partial charge in [0.15, 0.2) is 0 Å². The van der Waals surface area contributed by atoms with E-state index in [0.717, 1.165) is 13.0 Å². The van der Waals surface area contributed by atoms with Crippen LogP contribution in [0.3, 0.4) is 0 Å². The van der Waals surface area contributed by atoms with Crippen molar-refractivity contribution in [3.63, 3.8) is 0 Å². The number of thiocarbonyl (C=S) groups is 1.